The van der Waals surface area contributed by atoms with Gasteiger partial charge in [0.05, 0.1) is 25.5 Å². The first-order chi connectivity index (χ1) is 14.6. The van der Waals surface area contributed by atoms with Crippen LogP contribution in [0.5, 0.6) is 11.5 Å². The minimum absolute atomic E-state index is 0.0374. The summed E-state index contributed by atoms with van der Waals surface area (Å²) in [6.45, 7) is 5.39. The Morgan fingerprint density at radius 1 is 1.03 bits per heavy atom. The standard InChI is InChI=1S/C24H25N3O3/c1-17-11-13-26(14-12-17)24(28)21-16-27(18-7-5-4-6-8-18)25-23(21)20-15-19(29-2)9-10-22(20)30-3/h4-10,15-16H,1,11-14H2,2-3H3. The SMILES string of the molecule is C=C1CCN(C(=O)c2cn(-c3ccccc3)nc2-c2cc(OC)ccc2OC)CC1. The van der Waals surface area contributed by atoms with Crippen LogP contribution in [-0.4, -0.2) is 47.9 Å². The van der Waals surface area contributed by atoms with E-state index >= 15 is 0 Å². The number of rotatable bonds is 5. The summed E-state index contributed by atoms with van der Waals surface area (Å²) in [6, 6.07) is 15.3. The number of benzene rings is 2. The van der Waals surface area contributed by atoms with Crippen LogP contribution < -0.4 is 9.47 Å². The number of ether oxygens (including phenoxy) is 2. The average Bonchev–Trinajstić information content (AvgIpc) is 3.24. The van der Waals surface area contributed by atoms with Crippen molar-refractivity contribution in [3.05, 3.63) is 72.4 Å². The molecule has 1 fully saturated rings. The number of para-hydroxylation sites is 1. The Balaban J connectivity index is 1.84. The number of carbonyl (C=O) groups is 1. The first-order valence-corrected chi connectivity index (χ1v) is 9.94. The lowest BCUT2D eigenvalue weighted by Gasteiger charge is -2.28. The fourth-order valence-electron chi connectivity index (χ4n) is 3.64. The van der Waals surface area contributed by atoms with Crippen molar-refractivity contribution in [3.8, 4) is 28.4 Å². The molecule has 0 unspecified atom stereocenters. The van der Waals surface area contributed by atoms with Gasteiger partial charge in [0, 0.05) is 24.8 Å². The zero-order valence-electron chi connectivity index (χ0n) is 17.3. The van der Waals surface area contributed by atoms with Crippen LogP contribution in [0.15, 0.2) is 66.9 Å². The van der Waals surface area contributed by atoms with Crippen LogP contribution in [0, 0.1) is 0 Å². The zero-order chi connectivity index (χ0) is 21.1. The summed E-state index contributed by atoms with van der Waals surface area (Å²) in [6.07, 6.45) is 3.46. The third-order valence-corrected chi connectivity index (χ3v) is 5.38. The molecule has 0 radical (unpaired) electrons. The van der Waals surface area contributed by atoms with Gasteiger partial charge in [0.1, 0.15) is 17.2 Å². The normalized spacial score (nSPS) is 13.9. The van der Waals surface area contributed by atoms with E-state index in [4.69, 9.17) is 14.6 Å². The quantitative estimate of drug-likeness (QED) is 0.595. The summed E-state index contributed by atoms with van der Waals surface area (Å²) < 4.78 is 12.7. The number of piperidine rings is 1. The molecule has 2 heterocycles. The Labute approximate surface area is 176 Å². The lowest BCUT2D eigenvalue weighted by molar-refractivity contribution is 0.0744. The molecule has 1 aromatic heterocycles. The summed E-state index contributed by atoms with van der Waals surface area (Å²) in [4.78, 5) is 15.3. The van der Waals surface area contributed by atoms with E-state index in [0.717, 1.165) is 24.1 Å². The molecule has 2 aromatic carbocycles. The molecular weight excluding hydrogens is 378 g/mol. The fraction of sp³-hybridized carbons (Fsp3) is 0.250. The van der Waals surface area contributed by atoms with Gasteiger partial charge in [-0.3, -0.25) is 4.79 Å². The topological polar surface area (TPSA) is 56.6 Å². The smallest absolute Gasteiger partial charge is 0.257 e. The third kappa shape index (κ3) is 3.81. The van der Waals surface area contributed by atoms with E-state index in [9.17, 15) is 4.79 Å². The molecule has 3 aromatic rings. The molecule has 0 spiro atoms. The van der Waals surface area contributed by atoms with Crippen LogP contribution in [0.2, 0.25) is 0 Å². The van der Waals surface area contributed by atoms with Gasteiger partial charge in [-0.15, -0.1) is 0 Å². The second-order valence-corrected chi connectivity index (χ2v) is 7.28. The highest BCUT2D eigenvalue weighted by Gasteiger charge is 2.27. The van der Waals surface area contributed by atoms with Crippen molar-refractivity contribution in [1.82, 2.24) is 14.7 Å². The van der Waals surface area contributed by atoms with Gasteiger partial charge in [-0.25, -0.2) is 4.68 Å². The second kappa shape index (κ2) is 8.45. The minimum Gasteiger partial charge on any atom is -0.497 e. The Kier molecular flexibility index (Phi) is 5.57. The first kappa shape index (κ1) is 19.8. The van der Waals surface area contributed by atoms with Gasteiger partial charge in [0.2, 0.25) is 0 Å². The van der Waals surface area contributed by atoms with Crippen LogP contribution >= 0.6 is 0 Å². The Morgan fingerprint density at radius 2 is 1.77 bits per heavy atom. The Bertz CT molecular complexity index is 1060. The van der Waals surface area contributed by atoms with Gasteiger partial charge in [0.25, 0.3) is 5.91 Å². The lowest BCUT2D eigenvalue weighted by Crippen LogP contribution is -2.36. The first-order valence-electron chi connectivity index (χ1n) is 9.94. The summed E-state index contributed by atoms with van der Waals surface area (Å²) in [5, 5.41) is 4.78. The van der Waals surface area contributed by atoms with Crippen LogP contribution in [0.1, 0.15) is 23.2 Å². The fourth-order valence-corrected chi connectivity index (χ4v) is 3.64. The van der Waals surface area contributed by atoms with Gasteiger partial charge in [-0.1, -0.05) is 30.4 Å². The van der Waals surface area contributed by atoms with Crippen LogP contribution in [-0.2, 0) is 0 Å². The highest BCUT2D eigenvalue weighted by molar-refractivity contribution is 6.00. The second-order valence-electron chi connectivity index (χ2n) is 7.28. The molecule has 1 aliphatic rings. The molecule has 6 heteroatoms. The molecule has 154 valence electrons. The maximum atomic E-state index is 13.5. The van der Waals surface area contributed by atoms with Gasteiger partial charge in [-0.2, -0.15) is 5.10 Å². The van der Waals surface area contributed by atoms with E-state index in [1.807, 2.05) is 53.4 Å². The molecule has 0 aliphatic carbocycles. The van der Waals surface area contributed by atoms with E-state index in [0.29, 0.717) is 35.8 Å². The van der Waals surface area contributed by atoms with Crippen molar-refractivity contribution in [2.75, 3.05) is 27.3 Å². The number of carbonyl (C=O) groups excluding carboxylic acids is 1. The number of hydrogen-bond acceptors (Lipinski definition) is 4. The monoisotopic (exact) mass is 403 g/mol. The maximum Gasteiger partial charge on any atom is 0.257 e. The predicted molar refractivity (Wildman–Crippen MR) is 116 cm³/mol. The van der Waals surface area contributed by atoms with Crippen molar-refractivity contribution in [1.29, 1.82) is 0 Å². The van der Waals surface area contributed by atoms with Crippen molar-refractivity contribution in [3.63, 3.8) is 0 Å². The maximum absolute atomic E-state index is 13.5. The van der Waals surface area contributed by atoms with E-state index in [-0.39, 0.29) is 5.91 Å². The molecule has 0 saturated carbocycles. The molecule has 4 rings (SSSR count). The zero-order valence-corrected chi connectivity index (χ0v) is 17.3. The van der Waals surface area contributed by atoms with E-state index in [1.165, 1.54) is 5.57 Å². The van der Waals surface area contributed by atoms with Crippen LogP contribution in [0.25, 0.3) is 16.9 Å². The van der Waals surface area contributed by atoms with Gasteiger partial charge < -0.3 is 14.4 Å². The highest BCUT2D eigenvalue weighted by atomic mass is 16.5. The molecule has 1 saturated heterocycles. The van der Waals surface area contributed by atoms with E-state index < -0.39 is 0 Å². The molecule has 1 aliphatic heterocycles. The van der Waals surface area contributed by atoms with Gasteiger partial charge in [-0.05, 0) is 43.2 Å². The van der Waals surface area contributed by atoms with Crippen molar-refractivity contribution < 1.29 is 14.3 Å². The summed E-state index contributed by atoms with van der Waals surface area (Å²) >= 11 is 0. The van der Waals surface area contributed by atoms with Crippen molar-refractivity contribution in [2.45, 2.75) is 12.8 Å². The number of amides is 1. The summed E-state index contributed by atoms with van der Waals surface area (Å²) in [7, 11) is 3.22. The molecule has 0 atom stereocenters. The number of hydrogen-bond donors (Lipinski definition) is 0. The minimum atomic E-state index is -0.0374. The Morgan fingerprint density at radius 3 is 2.43 bits per heavy atom. The summed E-state index contributed by atoms with van der Waals surface area (Å²) in [5.41, 5.74) is 3.90. The van der Waals surface area contributed by atoms with Crippen molar-refractivity contribution in [2.24, 2.45) is 0 Å². The molecular formula is C24H25N3O3. The molecule has 1 amide bonds. The largest absolute Gasteiger partial charge is 0.497 e. The molecule has 6 nitrogen and oxygen atoms in total. The van der Waals surface area contributed by atoms with Crippen LogP contribution in [0.3, 0.4) is 0 Å². The number of methoxy groups -OCH3 is 2. The number of likely N-dealkylation sites (tertiary alicyclic amines) is 1. The predicted octanol–water partition coefficient (Wildman–Crippen LogP) is 4.35. The number of aromatic nitrogens is 2. The van der Waals surface area contributed by atoms with E-state index in [2.05, 4.69) is 6.58 Å². The molecule has 0 bridgehead atoms. The van der Waals surface area contributed by atoms with Crippen LogP contribution in [0.4, 0.5) is 0 Å². The van der Waals surface area contributed by atoms with Crippen molar-refractivity contribution >= 4 is 5.91 Å². The number of nitrogens with zero attached hydrogens (tertiary/aromatic N) is 3. The van der Waals surface area contributed by atoms with Gasteiger partial charge in [0.15, 0.2) is 0 Å². The summed E-state index contributed by atoms with van der Waals surface area (Å²) in [5.74, 6) is 1.27. The van der Waals surface area contributed by atoms with E-state index in [1.54, 1.807) is 25.1 Å². The molecule has 30 heavy (non-hydrogen) atoms. The Hall–Kier alpha value is -3.54. The average molecular weight is 403 g/mol. The molecule has 0 N–H and O–H groups in total. The highest BCUT2D eigenvalue weighted by Crippen LogP contribution is 2.35. The third-order valence-electron chi connectivity index (χ3n) is 5.38. The van der Waals surface area contributed by atoms with Gasteiger partial charge >= 0.3 is 0 Å². The lowest BCUT2D eigenvalue weighted by atomic mass is 10.0.